The number of fused-ring (bicyclic) bond motifs is 1. The highest BCUT2D eigenvalue weighted by Gasteiger charge is 2.22. The lowest BCUT2D eigenvalue weighted by Crippen LogP contribution is -2.28. The van der Waals surface area contributed by atoms with Gasteiger partial charge in [0.15, 0.2) is 2.82 Å². The third-order valence-corrected chi connectivity index (χ3v) is 3.06. The van der Waals surface area contributed by atoms with E-state index in [1.807, 2.05) is 0 Å². The van der Waals surface area contributed by atoms with Crippen molar-refractivity contribution >= 4 is 17.0 Å². The third kappa shape index (κ3) is 3.19. The zero-order valence-electron chi connectivity index (χ0n) is 22.4. The Hall–Kier alpha value is -2.01. The number of hydrogen-bond acceptors (Lipinski definition) is 3. The highest BCUT2D eigenvalue weighted by atomic mass is 16.6. The first kappa shape index (κ1) is 6.01. The third-order valence-electron chi connectivity index (χ3n) is 3.06. The van der Waals surface area contributed by atoms with Crippen LogP contribution >= 0.6 is 0 Å². The number of likely N-dealkylation sites (N-methyl/N-ethyl adjacent to an activating group) is 1. The number of nitrogens with one attached hydrogen (secondary N) is 2. The van der Waals surface area contributed by atoms with Crippen LogP contribution in [-0.4, -0.2) is 49.1 Å². The Morgan fingerprint density at radius 1 is 1.71 bits per heavy atom. The van der Waals surface area contributed by atoms with Gasteiger partial charge in [0.25, 0.3) is 0 Å². The summed E-state index contributed by atoms with van der Waals surface area (Å²) in [6, 6.07) is -3.94. The number of aromatic amines is 1. The summed E-state index contributed by atoms with van der Waals surface area (Å²) >= 11 is 0. The molecular formula is C16H21N3O2. The zero-order valence-corrected chi connectivity index (χ0v) is 11.4. The number of ether oxygens (including phenoxy) is 1. The van der Waals surface area contributed by atoms with Gasteiger partial charge in [-0.2, -0.15) is 0 Å². The summed E-state index contributed by atoms with van der Waals surface area (Å²) in [5.74, 6) is 0. The Morgan fingerprint density at radius 3 is 3.38 bits per heavy atom. The van der Waals surface area contributed by atoms with Crippen LogP contribution < -0.4 is 5.31 Å². The molecule has 1 atom stereocenters. The van der Waals surface area contributed by atoms with Gasteiger partial charge in [-0.3, -0.25) is 0 Å². The number of nitrogens with zero attached hydrogens (tertiary/aromatic N) is 1. The Kier molecular flexibility index (Phi) is 1.65. The number of benzene rings is 1. The van der Waals surface area contributed by atoms with Crippen LogP contribution in [0.25, 0.3) is 10.9 Å². The molecule has 3 rings (SSSR count). The second-order valence-electron chi connectivity index (χ2n) is 4.74. The smallest absolute Gasteiger partial charge is 0.407 e. The van der Waals surface area contributed by atoms with Crippen LogP contribution in [0.2, 0.25) is 2.82 Å². The van der Waals surface area contributed by atoms with Crippen molar-refractivity contribution < 1.29 is 24.7 Å². The average Bonchev–Trinajstić information content (AvgIpc) is 3.08. The number of carbonyl (C=O) groups is 1. The maximum absolute atomic E-state index is 11.7. The second kappa shape index (κ2) is 5.77. The van der Waals surface area contributed by atoms with Gasteiger partial charge in [-0.25, -0.2) is 4.79 Å². The van der Waals surface area contributed by atoms with Crippen molar-refractivity contribution in [3.05, 3.63) is 35.5 Å². The maximum atomic E-state index is 11.7. The largest absolute Gasteiger partial charge is 0.447 e. The molecule has 0 saturated carbocycles. The second-order valence-corrected chi connectivity index (χ2v) is 4.74. The first-order valence-corrected chi connectivity index (χ1v) is 6.38. The molecule has 1 amide bonds. The number of aromatic nitrogens is 1. The van der Waals surface area contributed by atoms with Crippen molar-refractivity contribution in [1.29, 1.82) is 0 Å². The molecule has 1 fully saturated rings. The van der Waals surface area contributed by atoms with Crippen molar-refractivity contribution in [2.24, 2.45) is 0 Å². The fourth-order valence-corrected chi connectivity index (χ4v) is 2.04. The molecule has 1 aromatic carbocycles. The van der Waals surface area contributed by atoms with E-state index in [4.69, 9.17) is 15.2 Å². The van der Waals surface area contributed by atoms with Crippen LogP contribution in [0.15, 0.2) is 24.3 Å². The molecule has 0 spiro atoms. The lowest BCUT2D eigenvalue weighted by atomic mass is 10.0. The lowest BCUT2D eigenvalue weighted by molar-refractivity contribution is 0.177. The first-order chi connectivity index (χ1) is 14.5. The van der Waals surface area contributed by atoms with Gasteiger partial charge in [-0.05, 0) is 50.1 Å². The summed E-state index contributed by atoms with van der Waals surface area (Å²) in [4.78, 5) is 13.6. The van der Waals surface area contributed by atoms with Gasteiger partial charge in [0.05, 0.1) is 14.2 Å². The molecule has 0 radical (unpaired) electrons. The Bertz CT molecular complexity index is 1080. The van der Waals surface area contributed by atoms with E-state index in [2.05, 4.69) is 4.74 Å². The van der Waals surface area contributed by atoms with E-state index in [9.17, 15) is 4.79 Å². The van der Waals surface area contributed by atoms with Crippen molar-refractivity contribution in [1.82, 2.24) is 15.2 Å². The molecule has 5 heteroatoms. The first-order valence-electron chi connectivity index (χ1n) is 11.8. The summed E-state index contributed by atoms with van der Waals surface area (Å²) < 4.78 is 91.8. The van der Waals surface area contributed by atoms with E-state index in [0.717, 1.165) is 9.88 Å². The molecule has 0 bridgehead atoms. The molecule has 2 heterocycles. The molecule has 5 nitrogen and oxygen atoms in total. The number of cyclic esters (lactones) is 1. The molecule has 0 aliphatic carbocycles. The van der Waals surface area contributed by atoms with E-state index >= 15 is 0 Å². The number of hydrogen-bond donors (Lipinski definition) is 2. The summed E-state index contributed by atoms with van der Waals surface area (Å²) in [5, 5.41) is 0.0996. The highest BCUT2D eigenvalue weighted by Crippen LogP contribution is 2.21. The number of carbonyl (C=O) groups excluding carboxylic acids is 1. The predicted octanol–water partition coefficient (Wildman–Crippen LogP) is 1.92. The van der Waals surface area contributed by atoms with E-state index in [0.29, 0.717) is 5.56 Å². The molecular weight excluding hydrogens is 266 g/mol. The topological polar surface area (TPSA) is 57.4 Å². The molecule has 2 N–H and O–H groups in total. The molecule has 2 aromatic rings. The van der Waals surface area contributed by atoms with Gasteiger partial charge in [0.2, 0.25) is 0 Å². The maximum Gasteiger partial charge on any atom is 0.407 e. The van der Waals surface area contributed by atoms with Crippen LogP contribution in [0.4, 0.5) is 4.79 Å². The fourth-order valence-electron chi connectivity index (χ4n) is 2.04. The van der Waals surface area contributed by atoms with Gasteiger partial charge in [-0.1, -0.05) is 6.04 Å². The Balaban J connectivity index is 2.12. The minimum Gasteiger partial charge on any atom is -0.447 e. The van der Waals surface area contributed by atoms with Crippen molar-refractivity contribution in [3.63, 3.8) is 0 Å². The lowest BCUT2D eigenvalue weighted by Gasteiger charge is -2.09. The Labute approximate surface area is 139 Å². The summed E-state index contributed by atoms with van der Waals surface area (Å²) in [5.41, 5.74) is 0.0572. The monoisotopic (exact) mass is 298 g/mol. The summed E-state index contributed by atoms with van der Waals surface area (Å²) in [6.07, 6.45) is -0.738. The van der Waals surface area contributed by atoms with E-state index < -0.39 is 44.2 Å². The van der Waals surface area contributed by atoms with Gasteiger partial charge in [-0.15, -0.1) is 0 Å². The normalized spacial score (nSPS) is 32.8. The van der Waals surface area contributed by atoms with Crippen LogP contribution in [0.5, 0.6) is 0 Å². The van der Waals surface area contributed by atoms with Crippen LogP contribution in [0.3, 0.4) is 0 Å². The highest BCUT2D eigenvalue weighted by molar-refractivity contribution is 5.84. The van der Waals surface area contributed by atoms with Crippen LogP contribution in [-0.2, 0) is 17.6 Å². The molecule has 1 saturated heterocycles. The van der Waals surface area contributed by atoms with Crippen molar-refractivity contribution in [2.45, 2.75) is 18.9 Å². The molecule has 112 valence electrons. The number of rotatable bonds is 5. The summed E-state index contributed by atoms with van der Waals surface area (Å²) in [6.45, 7) is -5.21. The SMILES string of the molecule is [2H]c1c(C[C@]2([2H])N([2H])C(=O)OC2([2H])[2H])c([2H])c2c(CCN(C)C([2H])([2H])[2H])cn([2H])c2c1[2H]. The predicted molar refractivity (Wildman–Crippen MR) is 82.5 cm³/mol. The molecule has 21 heavy (non-hydrogen) atoms. The van der Waals surface area contributed by atoms with E-state index in [-0.39, 0.29) is 40.8 Å². The van der Waals surface area contributed by atoms with Gasteiger partial charge in [0, 0.05) is 27.8 Å². The fraction of sp³-hybridized carbons (Fsp3) is 0.438. The van der Waals surface area contributed by atoms with E-state index in [1.165, 1.54) is 13.2 Å². The van der Waals surface area contributed by atoms with Crippen molar-refractivity contribution in [2.75, 3.05) is 27.1 Å². The minimum atomic E-state index is -2.91. The number of amides is 1. The average molecular weight is 298 g/mol. The van der Waals surface area contributed by atoms with Crippen molar-refractivity contribution in [3.8, 4) is 0 Å². The van der Waals surface area contributed by atoms with E-state index in [1.54, 1.807) is 0 Å². The number of H-pyrrole nitrogens is 1. The quantitative estimate of drug-likeness (QED) is 0.887. The van der Waals surface area contributed by atoms with Crippen LogP contribution in [0.1, 0.15) is 23.5 Å². The van der Waals surface area contributed by atoms with Gasteiger partial charge in [0.1, 0.15) is 6.56 Å². The molecule has 1 aliphatic rings. The molecule has 1 aromatic heterocycles. The molecule has 0 unspecified atom stereocenters. The summed E-state index contributed by atoms with van der Waals surface area (Å²) in [7, 11) is 1.39. The van der Waals surface area contributed by atoms with Gasteiger partial charge >= 0.3 is 6.09 Å². The zero-order chi connectivity index (χ0) is 24.4. The standard InChI is InChI=1S/C16H21N3O2/c1-19(2)6-5-12-9-17-15-4-3-11(8-14(12)15)7-13-10-21-16(20)18-13/h3-4,8-9,13,17H,5-7,10H2,1-2H3,(H,18,20)/t13-/m0/s1/i1D3,3D,4D,8D,10D2,13D/hD2. The number of alkyl carbamates (subject to hydrolysis) is 1. The molecule has 1 aliphatic heterocycles. The minimum absolute atomic E-state index is 0.00155. The van der Waals surface area contributed by atoms with Crippen LogP contribution in [0, 0.1) is 0 Å². The Morgan fingerprint density at radius 2 is 2.62 bits per heavy atom. The van der Waals surface area contributed by atoms with Gasteiger partial charge < -0.3 is 19.9 Å².